The fraction of sp³-hybridized carbons (Fsp3) is 0.500. The predicted molar refractivity (Wildman–Crippen MR) is 80.1 cm³/mol. The molecule has 0 heterocycles. The van der Waals surface area contributed by atoms with E-state index in [1.807, 2.05) is 31.9 Å². The van der Waals surface area contributed by atoms with Crippen molar-refractivity contribution in [3.8, 4) is 5.75 Å². The van der Waals surface area contributed by atoms with Crippen LogP contribution in [0.1, 0.15) is 19.4 Å². The second-order valence-electron chi connectivity index (χ2n) is 4.51. The van der Waals surface area contributed by atoms with Crippen LogP contribution in [-0.4, -0.2) is 47.5 Å². The van der Waals surface area contributed by atoms with E-state index in [9.17, 15) is 9.90 Å². The third-order valence-corrected chi connectivity index (χ3v) is 3.50. The van der Waals surface area contributed by atoms with Crippen molar-refractivity contribution in [2.75, 3.05) is 26.7 Å². The summed E-state index contributed by atoms with van der Waals surface area (Å²) in [7, 11) is 1.88. The number of phenols is 1. The van der Waals surface area contributed by atoms with Crippen molar-refractivity contribution >= 4 is 21.8 Å². The summed E-state index contributed by atoms with van der Waals surface area (Å²) in [5, 5.41) is 9.78. The molecule has 5 heteroatoms. The van der Waals surface area contributed by atoms with Crippen LogP contribution in [0.15, 0.2) is 22.7 Å². The zero-order valence-corrected chi connectivity index (χ0v) is 13.3. The molecule has 1 rings (SSSR count). The van der Waals surface area contributed by atoms with Crippen molar-refractivity contribution in [3.05, 3.63) is 28.2 Å². The van der Waals surface area contributed by atoms with Crippen molar-refractivity contribution in [1.29, 1.82) is 0 Å². The van der Waals surface area contributed by atoms with Gasteiger partial charge in [0, 0.05) is 29.7 Å². The monoisotopic (exact) mass is 328 g/mol. The van der Waals surface area contributed by atoms with Crippen LogP contribution < -0.4 is 0 Å². The summed E-state index contributed by atoms with van der Waals surface area (Å²) in [4.78, 5) is 15.7. The lowest BCUT2D eigenvalue weighted by Gasteiger charge is -2.23. The number of phenolic OH excluding ortho intramolecular Hbond substituents is 1. The van der Waals surface area contributed by atoms with E-state index in [-0.39, 0.29) is 11.7 Å². The Morgan fingerprint density at radius 2 is 1.95 bits per heavy atom. The standard InChI is InChI=1S/C14H21BrN2O2/c1-4-17(5-2)14(19)10-16(3)9-11-8-12(15)6-7-13(11)18/h6-8,18H,4-5,9-10H2,1-3H3. The molecule has 0 saturated carbocycles. The Bertz CT molecular complexity index is 433. The summed E-state index contributed by atoms with van der Waals surface area (Å²) in [6, 6.07) is 5.31. The van der Waals surface area contributed by atoms with Crippen LogP contribution in [0.5, 0.6) is 5.75 Å². The predicted octanol–water partition coefficient (Wildman–Crippen LogP) is 2.45. The van der Waals surface area contributed by atoms with Crippen molar-refractivity contribution in [2.45, 2.75) is 20.4 Å². The summed E-state index contributed by atoms with van der Waals surface area (Å²) in [6.45, 7) is 6.30. The molecule has 1 aromatic rings. The summed E-state index contributed by atoms with van der Waals surface area (Å²) >= 11 is 3.38. The van der Waals surface area contributed by atoms with Gasteiger partial charge in [-0.05, 0) is 39.1 Å². The third kappa shape index (κ3) is 4.84. The first kappa shape index (κ1) is 16.0. The second-order valence-corrected chi connectivity index (χ2v) is 5.43. The molecular formula is C14H21BrN2O2. The number of hydrogen-bond donors (Lipinski definition) is 1. The molecule has 0 spiro atoms. The van der Waals surface area contributed by atoms with Gasteiger partial charge in [-0.1, -0.05) is 15.9 Å². The molecule has 0 atom stereocenters. The molecule has 1 N–H and O–H groups in total. The van der Waals surface area contributed by atoms with Crippen molar-refractivity contribution < 1.29 is 9.90 Å². The highest BCUT2D eigenvalue weighted by molar-refractivity contribution is 9.10. The molecule has 1 amide bonds. The molecule has 0 aliphatic rings. The number of nitrogens with zero attached hydrogens (tertiary/aromatic N) is 2. The van der Waals surface area contributed by atoms with Crippen molar-refractivity contribution in [1.82, 2.24) is 9.80 Å². The zero-order valence-electron chi connectivity index (χ0n) is 11.7. The molecular weight excluding hydrogens is 308 g/mol. The molecule has 1 aromatic carbocycles. The average Bonchev–Trinajstić information content (AvgIpc) is 2.35. The number of carbonyl (C=O) groups excluding carboxylic acids is 1. The maximum atomic E-state index is 12.0. The fourth-order valence-electron chi connectivity index (χ4n) is 1.93. The molecule has 0 saturated heterocycles. The Balaban J connectivity index is 2.62. The maximum Gasteiger partial charge on any atom is 0.236 e. The minimum absolute atomic E-state index is 0.113. The highest BCUT2D eigenvalue weighted by Crippen LogP contribution is 2.22. The van der Waals surface area contributed by atoms with Crippen LogP contribution in [0, 0.1) is 0 Å². The van der Waals surface area contributed by atoms with Gasteiger partial charge in [-0.2, -0.15) is 0 Å². The van der Waals surface area contributed by atoms with Gasteiger partial charge >= 0.3 is 0 Å². The Hall–Kier alpha value is -1.07. The Kier molecular flexibility index (Phi) is 6.31. The highest BCUT2D eigenvalue weighted by Gasteiger charge is 2.13. The Morgan fingerprint density at radius 1 is 1.32 bits per heavy atom. The lowest BCUT2D eigenvalue weighted by atomic mass is 10.2. The van der Waals surface area contributed by atoms with Gasteiger partial charge in [0.2, 0.25) is 5.91 Å². The molecule has 106 valence electrons. The number of hydrogen-bond acceptors (Lipinski definition) is 3. The smallest absolute Gasteiger partial charge is 0.236 e. The first-order chi connectivity index (χ1) is 8.97. The van der Waals surface area contributed by atoms with E-state index in [1.54, 1.807) is 17.0 Å². The number of amides is 1. The van der Waals surface area contributed by atoms with Gasteiger partial charge in [0.1, 0.15) is 5.75 Å². The molecule has 0 bridgehead atoms. The summed E-state index contributed by atoms with van der Waals surface area (Å²) < 4.78 is 0.920. The van der Waals surface area contributed by atoms with Crippen LogP contribution in [-0.2, 0) is 11.3 Å². The van der Waals surface area contributed by atoms with E-state index in [0.717, 1.165) is 23.1 Å². The topological polar surface area (TPSA) is 43.8 Å². The largest absolute Gasteiger partial charge is 0.508 e. The number of rotatable bonds is 6. The molecule has 4 nitrogen and oxygen atoms in total. The number of likely N-dealkylation sites (N-methyl/N-ethyl adjacent to an activating group) is 2. The van der Waals surface area contributed by atoms with E-state index < -0.39 is 0 Å². The van der Waals surface area contributed by atoms with Crippen molar-refractivity contribution in [3.63, 3.8) is 0 Å². The number of carbonyl (C=O) groups is 1. The number of benzene rings is 1. The quantitative estimate of drug-likeness (QED) is 0.872. The van der Waals surface area contributed by atoms with Crippen LogP contribution >= 0.6 is 15.9 Å². The lowest BCUT2D eigenvalue weighted by Crippen LogP contribution is -2.38. The van der Waals surface area contributed by atoms with E-state index in [1.165, 1.54) is 0 Å². The summed E-state index contributed by atoms with van der Waals surface area (Å²) in [5.41, 5.74) is 0.809. The van der Waals surface area contributed by atoms with Crippen molar-refractivity contribution in [2.24, 2.45) is 0 Å². The molecule has 19 heavy (non-hydrogen) atoms. The van der Waals surface area contributed by atoms with E-state index >= 15 is 0 Å². The van der Waals surface area contributed by atoms with Gasteiger partial charge in [0.05, 0.1) is 6.54 Å². The lowest BCUT2D eigenvalue weighted by molar-refractivity contribution is -0.131. The van der Waals surface area contributed by atoms with E-state index in [0.29, 0.717) is 13.1 Å². The SMILES string of the molecule is CCN(CC)C(=O)CN(C)Cc1cc(Br)ccc1O. The second kappa shape index (κ2) is 7.50. The van der Waals surface area contributed by atoms with Crippen LogP contribution in [0.3, 0.4) is 0 Å². The Labute approximate surface area is 123 Å². The average molecular weight is 329 g/mol. The molecule has 0 aliphatic carbocycles. The minimum atomic E-state index is 0.113. The minimum Gasteiger partial charge on any atom is -0.508 e. The number of halogens is 1. The van der Waals surface area contributed by atoms with Gasteiger partial charge in [-0.15, -0.1) is 0 Å². The van der Waals surface area contributed by atoms with Gasteiger partial charge in [0.25, 0.3) is 0 Å². The number of aromatic hydroxyl groups is 1. The zero-order chi connectivity index (χ0) is 14.4. The molecule has 0 aliphatic heterocycles. The summed E-state index contributed by atoms with van der Waals surface area (Å²) in [6.07, 6.45) is 0. The summed E-state index contributed by atoms with van der Waals surface area (Å²) in [5.74, 6) is 0.368. The first-order valence-electron chi connectivity index (χ1n) is 6.41. The van der Waals surface area contributed by atoms with E-state index in [4.69, 9.17) is 0 Å². The third-order valence-electron chi connectivity index (χ3n) is 3.00. The first-order valence-corrected chi connectivity index (χ1v) is 7.20. The molecule has 0 fully saturated rings. The van der Waals surface area contributed by atoms with Gasteiger partial charge in [-0.3, -0.25) is 9.69 Å². The molecule has 0 aromatic heterocycles. The molecule has 0 unspecified atom stereocenters. The maximum absolute atomic E-state index is 12.0. The normalized spacial score (nSPS) is 10.8. The van der Waals surface area contributed by atoms with Gasteiger partial charge < -0.3 is 10.0 Å². The highest BCUT2D eigenvalue weighted by atomic mass is 79.9. The van der Waals surface area contributed by atoms with Crippen LogP contribution in [0.2, 0.25) is 0 Å². The molecule has 0 radical (unpaired) electrons. The van der Waals surface area contributed by atoms with Crippen LogP contribution in [0.4, 0.5) is 0 Å². The fourth-order valence-corrected chi connectivity index (χ4v) is 2.34. The Morgan fingerprint density at radius 3 is 2.53 bits per heavy atom. The van der Waals surface area contributed by atoms with Crippen LogP contribution in [0.25, 0.3) is 0 Å². The van der Waals surface area contributed by atoms with Gasteiger partial charge in [-0.25, -0.2) is 0 Å². The van der Waals surface area contributed by atoms with Gasteiger partial charge in [0.15, 0.2) is 0 Å². The van der Waals surface area contributed by atoms with E-state index in [2.05, 4.69) is 15.9 Å².